The summed E-state index contributed by atoms with van der Waals surface area (Å²) in [7, 11) is -4.58. The average Bonchev–Trinajstić information content (AvgIpc) is 2.80. The zero-order chi connectivity index (χ0) is 13.3. The summed E-state index contributed by atoms with van der Waals surface area (Å²) < 4.78 is 36.5. The molecule has 1 heterocycles. The third-order valence-electron chi connectivity index (χ3n) is 2.24. The Morgan fingerprint density at radius 3 is 2.50 bits per heavy atom. The molecule has 0 bridgehead atoms. The van der Waals surface area contributed by atoms with Crippen LogP contribution in [-0.4, -0.2) is 17.9 Å². The highest BCUT2D eigenvalue weighted by atomic mass is 32.2. The number of hydrogen-bond acceptors (Lipinski definition) is 5. The van der Waals surface area contributed by atoms with E-state index in [1.54, 1.807) is 0 Å². The first-order chi connectivity index (χ1) is 8.39. The van der Waals surface area contributed by atoms with Gasteiger partial charge in [-0.1, -0.05) is 0 Å². The molecule has 0 fully saturated rings. The smallest absolute Gasteiger partial charge is 0.295 e. The quantitative estimate of drug-likeness (QED) is 0.519. The van der Waals surface area contributed by atoms with Gasteiger partial charge >= 0.3 is 0 Å². The van der Waals surface area contributed by atoms with Crippen molar-refractivity contribution in [1.82, 2.24) is 0 Å². The lowest BCUT2D eigenvalue weighted by molar-refractivity contribution is -0.385. The van der Waals surface area contributed by atoms with Gasteiger partial charge in [-0.2, -0.15) is 8.42 Å². The van der Waals surface area contributed by atoms with Crippen LogP contribution in [0, 0.1) is 10.1 Å². The van der Waals surface area contributed by atoms with E-state index >= 15 is 0 Å². The maximum absolute atomic E-state index is 11.2. The summed E-state index contributed by atoms with van der Waals surface area (Å²) in [4.78, 5) is 9.27. The number of nitro groups is 1. The van der Waals surface area contributed by atoms with Crippen LogP contribution in [0.2, 0.25) is 0 Å². The minimum atomic E-state index is -4.58. The number of hydrogen-bond donors (Lipinski definition) is 1. The first kappa shape index (κ1) is 12.3. The Morgan fingerprint density at radius 2 is 2.00 bits per heavy atom. The van der Waals surface area contributed by atoms with Crippen molar-refractivity contribution in [3.05, 3.63) is 46.7 Å². The molecule has 0 amide bonds. The fraction of sp³-hybridized carbons (Fsp3) is 0. The van der Waals surface area contributed by atoms with E-state index in [1.165, 1.54) is 24.5 Å². The van der Waals surface area contributed by atoms with Crippen molar-refractivity contribution >= 4 is 15.8 Å². The van der Waals surface area contributed by atoms with Crippen LogP contribution in [0.5, 0.6) is 0 Å². The normalized spacial score (nSPS) is 11.4. The van der Waals surface area contributed by atoms with Gasteiger partial charge in [-0.05, 0) is 18.2 Å². The van der Waals surface area contributed by atoms with Gasteiger partial charge in [-0.15, -0.1) is 0 Å². The Bertz CT molecular complexity index is 689. The van der Waals surface area contributed by atoms with Gasteiger partial charge in [0.15, 0.2) is 0 Å². The maximum Gasteiger partial charge on any atom is 0.295 e. The Labute approximate surface area is 102 Å². The summed E-state index contributed by atoms with van der Waals surface area (Å²) in [6.45, 7) is 0. The molecule has 0 spiro atoms. The Morgan fingerprint density at radius 1 is 1.28 bits per heavy atom. The van der Waals surface area contributed by atoms with E-state index in [0.29, 0.717) is 0 Å². The number of nitro benzene ring substituents is 1. The van der Waals surface area contributed by atoms with Crippen molar-refractivity contribution in [3.63, 3.8) is 0 Å². The molecule has 18 heavy (non-hydrogen) atoms. The molecular formula is C10H7NO6S. The van der Waals surface area contributed by atoms with E-state index in [1.807, 2.05) is 0 Å². The van der Waals surface area contributed by atoms with Crippen LogP contribution < -0.4 is 0 Å². The molecule has 0 aliphatic heterocycles. The predicted octanol–water partition coefficient (Wildman–Crippen LogP) is 2.10. The standard InChI is InChI=1S/C10H7NO6S/c12-11(13)7-3-4-8(9-2-1-5-17-9)10(6-7)18(14,15)16/h1-6H,(H,14,15,16). The van der Waals surface area contributed by atoms with E-state index in [9.17, 15) is 18.5 Å². The number of furan rings is 1. The van der Waals surface area contributed by atoms with Crippen LogP contribution in [0.4, 0.5) is 5.69 Å². The van der Waals surface area contributed by atoms with Crippen LogP contribution in [0.15, 0.2) is 45.9 Å². The van der Waals surface area contributed by atoms with Gasteiger partial charge in [0.05, 0.1) is 11.2 Å². The molecule has 94 valence electrons. The van der Waals surface area contributed by atoms with Crippen molar-refractivity contribution in [2.75, 3.05) is 0 Å². The van der Waals surface area contributed by atoms with E-state index in [2.05, 4.69) is 0 Å². The van der Waals surface area contributed by atoms with Crippen molar-refractivity contribution in [2.24, 2.45) is 0 Å². The van der Waals surface area contributed by atoms with Crippen LogP contribution in [-0.2, 0) is 10.1 Å². The minimum Gasteiger partial charge on any atom is -0.464 e. The molecule has 7 nitrogen and oxygen atoms in total. The van der Waals surface area contributed by atoms with Crippen molar-refractivity contribution in [3.8, 4) is 11.3 Å². The molecule has 0 aliphatic carbocycles. The average molecular weight is 269 g/mol. The van der Waals surface area contributed by atoms with E-state index in [-0.39, 0.29) is 11.3 Å². The highest BCUT2D eigenvalue weighted by molar-refractivity contribution is 7.86. The third-order valence-corrected chi connectivity index (χ3v) is 3.13. The SMILES string of the molecule is O=[N+]([O-])c1ccc(-c2ccco2)c(S(=O)(=O)O)c1. The molecule has 0 saturated heterocycles. The zero-order valence-corrected chi connectivity index (χ0v) is 9.62. The van der Waals surface area contributed by atoms with Crippen molar-refractivity contribution in [2.45, 2.75) is 4.90 Å². The van der Waals surface area contributed by atoms with Gasteiger partial charge in [0.25, 0.3) is 15.8 Å². The van der Waals surface area contributed by atoms with E-state index < -0.39 is 25.6 Å². The molecule has 0 unspecified atom stereocenters. The van der Waals surface area contributed by atoms with E-state index in [4.69, 9.17) is 8.97 Å². The van der Waals surface area contributed by atoms with Gasteiger partial charge in [0.1, 0.15) is 10.7 Å². The number of rotatable bonds is 3. The second-order valence-electron chi connectivity index (χ2n) is 3.39. The summed E-state index contributed by atoms with van der Waals surface area (Å²) in [5.74, 6) is 0.192. The van der Waals surface area contributed by atoms with Crippen molar-refractivity contribution < 1.29 is 22.3 Å². The van der Waals surface area contributed by atoms with Gasteiger partial charge in [-0.3, -0.25) is 14.7 Å². The van der Waals surface area contributed by atoms with Crippen LogP contribution in [0.3, 0.4) is 0 Å². The van der Waals surface area contributed by atoms with Crippen LogP contribution >= 0.6 is 0 Å². The molecule has 8 heteroatoms. The molecule has 1 aromatic carbocycles. The summed E-state index contributed by atoms with van der Waals surface area (Å²) in [5, 5.41) is 10.6. The molecule has 0 radical (unpaired) electrons. The monoisotopic (exact) mass is 269 g/mol. The Hall–Kier alpha value is -2.19. The lowest BCUT2D eigenvalue weighted by Gasteiger charge is -2.04. The highest BCUT2D eigenvalue weighted by Crippen LogP contribution is 2.30. The molecular weight excluding hydrogens is 262 g/mol. The first-order valence-electron chi connectivity index (χ1n) is 4.69. The molecule has 0 saturated carbocycles. The van der Waals surface area contributed by atoms with Gasteiger partial charge < -0.3 is 4.42 Å². The molecule has 2 aromatic rings. The van der Waals surface area contributed by atoms with E-state index in [0.717, 1.165) is 12.1 Å². The van der Waals surface area contributed by atoms with Gasteiger partial charge in [-0.25, -0.2) is 0 Å². The fourth-order valence-corrected chi connectivity index (χ4v) is 2.19. The minimum absolute atomic E-state index is 0.0631. The topological polar surface area (TPSA) is 111 Å². The molecule has 2 rings (SSSR count). The lowest BCUT2D eigenvalue weighted by atomic mass is 10.1. The number of nitrogens with zero attached hydrogens (tertiary/aromatic N) is 1. The number of benzene rings is 1. The number of non-ortho nitro benzene ring substituents is 1. The van der Waals surface area contributed by atoms with Crippen molar-refractivity contribution in [1.29, 1.82) is 0 Å². The summed E-state index contributed by atoms with van der Waals surface area (Å²) in [5.41, 5.74) is -0.369. The third kappa shape index (κ3) is 2.24. The first-order valence-corrected chi connectivity index (χ1v) is 6.13. The Kier molecular flexibility index (Phi) is 2.89. The zero-order valence-electron chi connectivity index (χ0n) is 8.81. The molecule has 0 atom stereocenters. The molecule has 0 aliphatic rings. The summed E-state index contributed by atoms with van der Waals surface area (Å²) in [6.07, 6.45) is 1.32. The van der Waals surface area contributed by atoms with Crippen LogP contribution in [0.25, 0.3) is 11.3 Å². The largest absolute Gasteiger partial charge is 0.464 e. The fourth-order valence-electron chi connectivity index (χ4n) is 1.47. The maximum atomic E-state index is 11.2. The predicted molar refractivity (Wildman–Crippen MR) is 60.6 cm³/mol. The Balaban J connectivity index is 2.72. The highest BCUT2D eigenvalue weighted by Gasteiger charge is 2.22. The lowest BCUT2D eigenvalue weighted by Crippen LogP contribution is -2.02. The second-order valence-corrected chi connectivity index (χ2v) is 4.78. The summed E-state index contributed by atoms with van der Waals surface area (Å²) in [6, 6.07) is 6.14. The second kappa shape index (κ2) is 4.24. The van der Waals surface area contributed by atoms with Gasteiger partial charge in [0, 0.05) is 17.7 Å². The van der Waals surface area contributed by atoms with Gasteiger partial charge in [0.2, 0.25) is 0 Å². The molecule has 1 N–H and O–H groups in total. The summed E-state index contributed by atoms with van der Waals surface area (Å²) >= 11 is 0. The molecule has 1 aromatic heterocycles. The van der Waals surface area contributed by atoms with Crippen LogP contribution in [0.1, 0.15) is 0 Å².